The Morgan fingerprint density at radius 2 is 0.741 bits per heavy atom. The van der Waals surface area contributed by atoms with E-state index in [9.17, 15) is 18.0 Å². The topological polar surface area (TPSA) is 80.2 Å². The van der Waals surface area contributed by atoms with Crippen LogP contribution in [0.5, 0.6) is 0 Å². The van der Waals surface area contributed by atoms with Crippen LogP contribution in [0.4, 0.5) is 13.2 Å². The first-order valence-electron chi connectivity index (χ1n) is 17.5. The summed E-state index contributed by atoms with van der Waals surface area (Å²) >= 11 is 0. The maximum atomic E-state index is 14.5. The molecule has 9 rings (SSSR count). The summed E-state index contributed by atoms with van der Waals surface area (Å²) in [5.74, 6) is -1.94. The summed E-state index contributed by atoms with van der Waals surface area (Å²) in [4.78, 5) is 27.7. The van der Waals surface area contributed by atoms with Crippen molar-refractivity contribution in [3.63, 3.8) is 0 Å². The Kier molecular flexibility index (Phi) is 8.00. The molecule has 8 heteroatoms. The lowest BCUT2D eigenvalue weighted by Gasteiger charge is -2.11. The first-order chi connectivity index (χ1) is 26.3. The molecule has 5 heterocycles. The molecule has 1 aliphatic heterocycles. The summed E-state index contributed by atoms with van der Waals surface area (Å²) in [6.45, 7) is 0. The third-order valence-electron chi connectivity index (χ3n) is 9.76. The molecule has 0 spiro atoms. The molecule has 8 aromatic rings. The van der Waals surface area contributed by atoms with E-state index in [1.165, 1.54) is 6.07 Å². The van der Waals surface area contributed by atoms with Crippen molar-refractivity contribution in [3.05, 3.63) is 236 Å². The minimum atomic E-state index is -5.12. The van der Waals surface area contributed by atoms with Crippen LogP contribution in [0.15, 0.2) is 164 Å². The van der Waals surface area contributed by atoms with Crippen molar-refractivity contribution in [1.29, 1.82) is 0 Å². The van der Waals surface area contributed by atoms with Gasteiger partial charge in [-0.15, -0.1) is 0 Å². The number of hydrogen-bond acceptors (Lipinski definition) is 1. The Hall–Kier alpha value is -7.06. The van der Waals surface area contributed by atoms with Crippen LogP contribution in [0.1, 0.15) is 55.4 Å². The fraction of sp³-hybridized carbons (Fsp3) is 0.0217. The molecule has 0 saturated carbocycles. The zero-order chi connectivity index (χ0) is 36.8. The maximum absolute atomic E-state index is 14.5. The second-order valence-electron chi connectivity index (χ2n) is 13.1. The number of alkyl halides is 3. The van der Waals surface area contributed by atoms with Gasteiger partial charge >= 0.3 is 6.18 Å². The number of aromatic amines is 4. The predicted octanol–water partition coefficient (Wildman–Crippen LogP) is 7.05. The zero-order valence-electron chi connectivity index (χ0n) is 28.6. The molecule has 262 valence electrons. The highest BCUT2D eigenvalue weighted by molar-refractivity contribution is 6.06. The molecule has 0 unspecified atom stereocenters. The largest absolute Gasteiger partial charge is 0.454 e. The second kappa shape index (κ2) is 13.2. The van der Waals surface area contributed by atoms with Crippen molar-refractivity contribution in [3.8, 4) is 0 Å². The molecule has 0 radical (unpaired) electrons. The van der Waals surface area contributed by atoms with Crippen molar-refractivity contribution in [1.82, 2.24) is 19.9 Å². The molecule has 0 amide bonds. The fourth-order valence-corrected chi connectivity index (χ4v) is 7.40. The number of hydrogen-bond donors (Lipinski definition) is 4. The van der Waals surface area contributed by atoms with Gasteiger partial charge in [-0.3, -0.25) is 4.79 Å². The summed E-state index contributed by atoms with van der Waals surface area (Å²) < 4.78 is 43.5. The summed E-state index contributed by atoms with van der Waals surface area (Å²) in [6, 6.07) is 51.7. The van der Waals surface area contributed by atoms with Crippen molar-refractivity contribution in [2.24, 2.45) is 0 Å². The summed E-state index contributed by atoms with van der Waals surface area (Å²) in [5, 5.41) is 2.72. The average Bonchev–Trinajstić information content (AvgIpc) is 4.03. The first-order valence-corrected chi connectivity index (χ1v) is 17.5. The van der Waals surface area contributed by atoms with E-state index in [-0.39, 0.29) is 5.69 Å². The molecule has 4 aromatic carbocycles. The Morgan fingerprint density at radius 3 is 1.13 bits per heavy atom. The number of Topliss-reactive ketones (excluding diaryl/α,β-unsaturated/α-hetero) is 1. The zero-order valence-corrected chi connectivity index (χ0v) is 28.6. The van der Waals surface area contributed by atoms with E-state index in [0.29, 0.717) is 33.1 Å². The van der Waals surface area contributed by atoms with Gasteiger partial charge < -0.3 is 19.9 Å². The number of fused-ring (bicyclic) bond motifs is 8. The highest BCUT2D eigenvalue weighted by Crippen LogP contribution is 2.33. The number of carbonyl (C=O) groups is 1. The smallest absolute Gasteiger partial charge is 0.354 e. The van der Waals surface area contributed by atoms with Crippen molar-refractivity contribution >= 4 is 28.1 Å². The normalized spacial score (nSPS) is 13.0. The number of aromatic nitrogens is 4. The molecular formula is C46H31F3N4O. The molecule has 0 saturated heterocycles. The van der Waals surface area contributed by atoms with Crippen LogP contribution in [0.2, 0.25) is 0 Å². The van der Waals surface area contributed by atoms with E-state index in [1.807, 2.05) is 152 Å². The third kappa shape index (κ3) is 5.84. The molecule has 0 fully saturated rings. The molecule has 0 atom stereocenters. The number of carbonyl (C=O) groups excluding carboxylic acids is 1. The highest BCUT2D eigenvalue weighted by Gasteiger charge is 2.42. The molecule has 8 bridgehead atoms. The Balaban J connectivity index is 1.49. The average molecular weight is 713 g/mol. The van der Waals surface area contributed by atoms with Crippen LogP contribution in [-0.2, 0) is 0 Å². The molecule has 1 aliphatic rings. The minimum absolute atomic E-state index is 0.0548. The van der Waals surface area contributed by atoms with Gasteiger partial charge in [0, 0.05) is 60.8 Å². The molecule has 4 aromatic heterocycles. The van der Waals surface area contributed by atoms with Crippen LogP contribution >= 0.6 is 0 Å². The minimum Gasteiger partial charge on any atom is -0.354 e. The number of ketones is 1. The molecule has 0 aliphatic carbocycles. The Labute approximate surface area is 307 Å². The molecule has 4 N–H and O–H groups in total. The molecular weight excluding hydrogens is 682 g/mol. The van der Waals surface area contributed by atoms with Gasteiger partial charge in [-0.1, -0.05) is 121 Å². The number of benzene rings is 4. The van der Waals surface area contributed by atoms with Crippen molar-refractivity contribution in [2.75, 3.05) is 0 Å². The predicted molar refractivity (Wildman–Crippen MR) is 204 cm³/mol. The first kappa shape index (κ1) is 32.8. The van der Waals surface area contributed by atoms with E-state index in [0.717, 1.165) is 49.9 Å². The fourth-order valence-electron chi connectivity index (χ4n) is 7.40. The number of H-pyrrole nitrogens is 4. The van der Waals surface area contributed by atoms with Gasteiger partial charge in [0.1, 0.15) is 0 Å². The van der Waals surface area contributed by atoms with Crippen LogP contribution in [0.3, 0.4) is 0 Å². The second-order valence-corrected chi connectivity index (χ2v) is 13.1. The van der Waals surface area contributed by atoms with E-state index >= 15 is 0 Å². The standard InChI is InChI=1S/C46H31F3N4O/c47-46(48,49)45(54)32-27-39-42(30-17-9-3-10-18-30)37-24-23-35(51-37)40(28-13-5-1-6-14-28)33-21-22-34(50-33)41(29-15-7-2-8-16-29)36-25-26-38(52-36)43(44(32)53-39)31-19-11-4-12-20-31/h1-27,50-53H. The van der Waals surface area contributed by atoms with Crippen LogP contribution in [-0.4, -0.2) is 31.9 Å². The summed E-state index contributed by atoms with van der Waals surface area (Å²) in [5.41, 5.74) is 7.72. The van der Waals surface area contributed by atoms with Gasteiger partial charge in [0.25, 0.3) is 5.78 Å². The lowest BCUT2D eigenvalue weighted by Crippen LogP contribution is -2.24. The number of rotatable bonds is 5. The molecule has 5 nitrogen and oxygen atoms in total. The maximum Gasteiger partial charge on any atom is 0.454 e. The van der Waals surface area contributed by atoms with Gasteiger partial charge in [-0.25, -0.2) is 0 Å². The van der Waals surface area contributed by atoms with E-state index in [4.69, 9.17) is 0 Å². The quantitative estimate of drug-likeness (QED) is 0.142. The Bertz CT molecular complexity index is 2910. The monoisotopic (exact) mass is 712 g/mol. The van der Waals surface area contributed by atoms with E-state index in [1.54, 1.807) is 0 Å². The molecule has 54 heavy (non-hydrogen) atoms. The van der Waals surface area contributed by atoms with Gasteiger partial charge in [0.15, 0.2) is 0 Å². The lowest BCUT2D eigenvalue weighted by atomic mass is 9.97. The number of nitrogens with one attached hydrogen (secondary N) is 4. The van der Waals surface area contributed by atoms with E-state index in [2.05, 4.69) is 26.0 Å². The van der Waals surface area contributed by atoms with Crippen LogP contribution in [0.25, 0.3) is 22.3 Å². The lowest BCUT2D eigenvalue weighted by molar-refractivity contribution is -0.0885. The Morgan fingerprint density at radius 1 is 0.389 bits per heavy atom. The van der Waals surface area contributed by atoms with Gasteiger partial charge in [0.2, 0.25) is 0 Å². The number of halogens is 3. The van der Waals surface area contributed by atoms with Gasteiger partial charge in [-0.2, -0.15) is 13.2 Å². The highest BCUT2D eigenvalue weighted by atomic mass is 19.4. The summed E-state index contributed by atoms with van der Waals surface area (Å²) in [6.07, 6.45) is -5.12. The van der Waals surface area contributed by atoms with Crippen molar-refractivity contribution in [2.45, 2.75) is 6.18 Å². The van der Waals surface area contributed by atoms with Gasteiger partial charge in [0.05, 0.1) is 11.3 Å². The van der Waals surface area contributed by atoms with Gasteiger partial charge in [-0.05, 0) is 64.7 Å². The SMILES string of the molecule is O=C(c1cc2[nH]c1C(c1ccccc1)=c1ccc([nH]1)=C(c1ccccc1)c1ccc([nH]1)C(c1ccccc1)=c1ccc([nH]1)=C2c1ccccc1)C(F)(F)F. The van der Waals surface area contributed by atoms with Crippen LogP contribution < -0.4 is 21.4 Å². The van der Waals surface area contributed by atoms with E-state index < -0.39 is 17.5 Å². The third-order valence-corrected chi connectivity index (χ3v) is 9.76. The summed E-state index contributed by atoms with van der Waals surface area (Å²) in [7, 11) is 0. The van der Waals surface area contributed by atoms with Crippen LogP contribution in [0, 0.1) is 0 Å². The van der Waals surface area contributed by atoms with Crippen molar-refractivity contribution < 1.29 is 18.0 Å².